The lowest BCUT2D eigenvalue weighted by molar-refractivity contribution is -0.120. The Morgan fingerprint density at radius 3 is 2.82 bits per heavy atom. The largest absolute Gasteiger partial charge is 0.356 e. The number of rotatable bonds is 6. The fourth-order valence-electron chi connectivity index (χ4n) is 2.13. The molecule has 0 spiro atoms. The highest BCUT2D eigenvalue weighted by Gasteiger charge is 2.07. The highest BCUT2D eigenvalue weighted by molar-refractivity contribution is 7.10. The van der Waals surface area contributed by atoms with E-state index in [0.29, 0.717) is 19.4 Å². The highest BCUT2D eigenvalue weighted by atomic mass is 32.1. The molecule has 1 amide bonds. The lowest BCUT2D eigenvalue weighted by atomic mass is 10.1. The van der Waals surface area contributed by atoms with Crippen LogP contribution in [0.4, 0.5) is 0 Å². The number of benzene rings is 1. The zero-order valence-electron chi connectivity index (χ0n) is 12.0. The van der Waals surface area contributed by atoms with E-state index >= 15 is 0 Å². The Hall–Kier alpha value is -2.40. The van der Waals surface area contributed by atoms with Crippen molar-refractivity contribution in [2.75, 3.05) is 6.54 Å². The van der Waals surface area contributed by atoms with Crippen LogP contribution in [0.5, 0.6) is 0 Å². The molecule has 112 valence electrons. The zero-order chi connectivity index (χ0) is 15.2. The molecule has 0 aliphatic heterocycles. The Bertz CT molecular complexity index is 720. The van der Waals surface area contributed by atoms with Crippen LogP contribution >= 0.6 is 11.3 Å². The first kappa shape index (κ1) is 14.5. The van der Waals surface area contributed by atoms with Gasteiger partial charge < -0.3 is 9.84 Å². The normalized spacial score (nSPS) is 10.5. The molecule has 1 N–H and O–H groups in total. The van der Waals surface area contributed by atoms with Crippen LogP contribution in [0, 0.1) is 0 Å². The number of carbonyl (C=O) groups is 1. The van der Waals surface area contributed by atoms with Crippen LogP contribution in [-0.4, -0.2) is 17.6 Å². The predicted octanol–water partition coefficient (Wildman–Crippen LogP) is 3.30. The van der Waals surface area contributed by atoms with Crippen molar-refractivity contribution >= 4 is 17.2 Å². The summed E-state index contributed by atoms with van der Waals surface area (Å²) in [6.45, 7) is 0.560. The van der Waals surface area contributed by atoms with Crippen molar-refractivity contribution in [3.63, 3.8) is 0 Å². The molecule has 1 aromatic carbocycles. The molecule has 0 aliphatic carbocycles. The minimum Gasteiger partial charge on any atom is -0.356 e. The van der Waals surface area contributed by atoms with Crippen LogP contribution in [0.1, 0.15) is 10.6 Å². The second-order valence-electron chi connectivity index (χ2n) is 4.90. The molecule has 2 heterocycles. The Kier molecular flexibility index (Phi) is 4.65. The van der Waals surface area contributed by atoms with E-state index in [-0.39, 0.29) is 5.91 Å². The fourth-order valence-corrected chi connectivity index (χ4v) is 2.84. The molecule has 4 nitrogen and oxygen atoms in total. The average molecular weight is 312 g/mol. The number of amides is 1. The minimum absolute atomic E-state index is 0.0363. The first-order valence-corrected chi connectivity index (χ1v) is 7.99. The molecule has 0 unspecified atom stereocenters. The van der Waals surface area contributed by atoms with Crippen LogP contribution in [0.25, 0.3) is 11.3 Å². The topological polar surface area (TPSA) is 55.1 Å². The van der Waals surface area contributed by atoms with E-state index in [2.05, 4.69) is 10.5 Å². The maximum atomic E-state index is 11.8. The quantitative estimate of drug-likeness (QED) is 0.760. The molecule has 0 bridgehead atoms. The number of aromatic nitrogens is 1. The Morgan fingerprint density at radius 1 is 1.18 bits per heavy atom. The van der Waals surface area contributed by atoms with Gasteiger partial charge in [-0.1, -0.05) is 41.6 Å². The lowest BCUT2D eigenvalue weighted by Crippen LogP contribution is -2.27. The smallest absolute Gasteiger partial charge is 0.225 e. The van der Waals surface area contributed by atoms with Gasteiger partial charge in [-0.3, -0.25) is 4.79 Å². The first-order valence-electron chi connectivity index (χ1n) is 7.11. The van der Waals surface area contributed by atoms with Crippen molar-refractivity contribution in [1.29, 1.82) is 0 Å². The summed E-state index contributed by atoms with van der Waals surface area (Å²) in [6.07, 6.45) is 1.10. The molecule has 22 heavy (non-hydrogen) atoms. The van der Waals surface area contributed by atoms with E-state index < -0.39 is 0 Å². The third kappa shape index (κ3) is 3.83. The van der Waals surface area contributed by atoms with E-state index in [0.717, 1.165) is 21.9 Å². The zero-order valence-corrected chi connectivity index (χ0v) is 12.8. The second-order valence-corrected chi connectivity index (χ2v) is 5.94. The van der Waals surface area contributed by atoms with Crippen LogP contribution < -0.4 is 5.32 Å². The van der Waals surface area contributed by atoms with Gasteiger partial charge in [0, 0.05) is 29.5 Å². The molecule has 3 aromatic rings. The predicted molar refractivity (Wildman–Crippen MR) is 86.7 cm³/mol. The summed E-state index contributed by atoms with van der Waals surface area (Å²) in [5.41, 5.74) is 1.85. The number of hydrogen-bond acceptors (Lipinski definition) is 4. The molecule has 0 radical (unpaired) electrons. The second kappa shape index (κ2) is 7.04. The van der Waals surface area contributed by atoms with E-state index in [1.165, 1.54) is 0 Å². The molecule has 3 rings (SSSR count). The summed E-state index contributed by atoms with van der Waals surface area (Å²) in [6, 6.07) is 15.7. The number of carbonyl (C=O) groups excluding carboxylic acids is 1. The van der Waals surface area contributed by atoms with E-state index in [4.69, 9.17) is 4.52 Å². The fraction of sp³-hybridized carbons (Fsp3) is 0.176. The van der Waals surface area contributed by atoms with Gasteiger partial charge in [-0.2, -0.15) is 0 Å². The molecule has 5 heteroatoms. The maximum absolute atomic E-state index is 11.8. The number of nitrogens with one attached hydrogen (secondary N) is 1. The minimum atomic E-state index is 0.0363. The summed E-state index contributed by atoms with van der Waals surface area (Å²) in [7, 11) is 0. The molecule has 0 saturated heterocycles. The number of hydrogen-bond donors (Lipinski definition) is 1. The summed E-state index contributed by atoms with van der Waals surface area (Å²) < 4.78 is 5.33. The van der Waals surface area contributed by atoms with Gasteiger partial charge in [0.2, 0.25) is 5.91 Å². The summed E-state index contributed by atoms with van der Waals surface area (Å²) in [4.78, 5) is 12.9. The van der Waals surface area contributed by atoms with Gasteiger partial charge in [0.15, 0.2) is 5.76 Å². The van der Waals surface area contributed by atoms with Crippen LogP contribution in [0.15, 0.2) is 58.4 Å². The highest BCUT2D eigenvalue weighted by Crippen LogP contribution is 2.19. The lowest BCUT2D eigenvalue weighted by Gasteiger charge is -2.01. The summed E-state index contributed by atoms with van der Waals surface area (Å²) in [5, 5.41) is 8.92. The summed E-state index contributed by atoms with van der Waals surface area (Å²) in [5.74, 6) is 0.787. The first-order chi connectivity index (χ1) is 10.8. The van der Waals surface area contributed by atoms with Gasteiger partial charge in [0.1, 0.15) is 0 Å². The van der Waals surface area contributed by atoms with Crippen LogP contribution in [0.2, 0.25) is 0 Å². The van der Waals surface area contributed by atoms with Gasteiger partial charge in [0.25, 0.3) is 0 Å². The van der Waals surface area contributed by atoms with Gasteiger partial charge in [0.05, 0.1) is 12.1 Å². The molecule has 0 saturated carbocycles. The van der Waals surface area contributed by atoms with Gasteiger partial charge in [-0.05, 0) is 11.4 Å². The van der Waals surface area contributed by atoms with Crippen molar-refractivity contribution < 1.29 is 9.32 Å². The van der Waals surface area contributed by atoms with E-state index in [1.807, 2.05) is 53.9 Å². The van der Waals surface area contributed by atoms with Gasteiger partial charge >= 0.3 is 0 Å². The molecule has 0 aliphatic rings. The van der Waals surface area contributed by atoms with Crippen molar-refractivity contribution in [2.24, 2.45) is 0 Å². The van der Waals surface area contributed by atoms with Crippen molar-refractivity contribution in [1.82, 2.24) is 10.5 Å². The third-order valence-electron chi connectivity index (χ3n) is 3.24. The van der Waals surface area contributed by atoms with Gasteiger partial charge in [-0.25, -0.2) is 0 Å². The number of thiophene rings is 1. The Labute approximate surface area is 132 Å². The van der Waals surface area contributed by atoms with Crippen molar-refractivity contribution in [3.05, 3.63) is 64.5 Å². The SMILES string of the molecule is O=C(Cc1cccs1)NCCc1cc(-c2ccccc2)on1. The maximum Gasteiger partial charge on any atom is 0.225 e. The van der Waals surface area contributed by atoms with Crippen LogP contribution in [0.3, 0.4) is 0 Å². The molecule has 0 atom stereocenters. The summed E-state index contributed by atoms with van der Waals surface area (Å²) >= 11 is 1.59. The third-order valence-corrected chi connectivity index (χ3v) is 4.11. The van der Waals surface area contributed by atoms with Crippen LogP contribution in [-0.2, 0) is 17.6 Å². The monoisotopic (exact) mass is 312 g/mol. The standard InChI is InChI=1S/C17H16N2O2S/c20-17(12-15-7-4-10-22-15)18-9-8-14-11-16(21-19-14)13-5-2-1-3-6-13/h1-7,10-11H,8-9,12H2,(H,18,20). The van der Waals surface area contributed by atoms with Crippen molar-refractivity contribution in [3.8, 4) is 11.3 Å². The van der Waals surface area contributed by atoms with E-state index in [1.54, 1.807) is 11.3 Å². The molecule has 0 fully saturated rings. The number of nitrogens with zero attached hydrogens (tertiary/aromatic N) is 1. The molecular weight excluding hydrogens is 296 g/mol. The Morgan fingerprint density at radius 2 is 2.05 bits per heavy atom. The molecular formula is C17H16N2O2S. The average Bonchev–Trinajstić information content (AvgIpc) is 3.20. The van der Waals surface area contributed by atoms with E-state index in [9.17, 15) is 4.79 Å². The van der Waals surface area contributed by atoms with Crippen molar-refractivity contribution in [2.45, 2.75) is 12.8 Å². The molecule has 2 aromatic heterocycles. The Balaban J connectivity index is 1.48. The van der Waals surface area contributed by atoms with Gasteiger partial charge in [-0.15, -0.1) is 11.3 Å².